The summed E-state index contributed by atoms with van der Waals surface area (Å²) in [5.74, 6) is 0.253. The summed E-state index contributed by atoms with van der Waals surface area (Å²) in [4.78, 5) is 0. The van der Waals surface area contributed by atoms with Crippen molar-refractivity contribution in [3.63, 3.8) is 0 Å². The second-order valence-electron chi connectivity index (χ2n) is 5.33. The zero-order chi connectivity index (χ0) is 12.8. The van der Waals surface area contributed by atoms with Crippen molar-refractivity contribution in [3.05, 3.63) is 34.9 Å². The highest BCUT2D eigenvalue weighted by molar-refractivity contribution is 5.39. The van der Waals surface area contributed by atoms with E-state index in [1.807, 2.05) is 0 Å². The van der Waals surface area contributed by atoms with E-state index in [4.69, 9.17) is 0 Å². The summed E-state index contributed by atoms with van der Waals surface area (Å²) >= 11 is 0. The van der Waals surface area contributed by atoms with Crippen LogP contribution in [0.2, 0.25) is 0 Å². The predicted molar refractivity (Wildman–Crippen MR) is 63.5 cm³/mol. The molecule has 1 atom stereocenters. The molecule has 4 heteroatoms. The van der Waals surface area contributed by atoms with Gasteiger partial charge in [0.05, 0.1) is 5.56 Å². The highest BCUT2D eigenvalue weighted by Crippen LogP contribution is 2.38. The Labute approximate surface area is 104 Å². The van der Waals surface area contributed by atoms with Gasteiger partial charge in [-0.05, 0) is 54.9 Å². The van der Waals surface area contributed by atoms with Crippen LogP contribution in [0.25, 0.3) is 0 Å². The molecule has 2 aliphatic carbocycles. The lowest BCUT2D eigenvalue weighted by Gasteiger charge is -2.14. The highest BCUT2D eigenvalue weighted by Gasteiger charge is 2.33. The van der Waals surface area contributed by atoms with Crippen LogP contribution in [0.15, 0.2) is 18.2 Å². The molecular formula is C14H16F3N. The zero-order valence-corrected chi connectivity index (χ0v) is 10.1. The molecule has 1 aromatic rings. The summed E-state index contributed by atoms with van der Waals surface area (Å²) in [7, 11) is 0. The molecule has 1 aromatic carbocycles. The Bertz CT molecular complexity index is 449. The zero-order valence-electron chi connectivity index (χ0n) is 10.1. The number of aryl methyl sites for hydroxylation is 1. The van der Waals surface area contributed by atoms with Gasteiger partial charge in [-0.1, -0.05) is 6.07 Å². The standard InChI is InChI=1S/C14H16F3N/c15-14(16,17)11-4-3-9-1-2-10(13(9)7-11)8-18-12-5-6-12/h3-4,7,10,12,18H,1-2,5-6,8H2. The maximum absolute atomic E-state index is 12.7. The fourth-order valence-electron chi connectivity index (χ4n) is 2.67. The number of hydrogen-bond acceptors (Lipinski definition) is 1. The van der Waals surface area contributed by atoms with Gasteiger partial charge in [0.15, 0.2) is 0 Å². The van der Waals surface area contributed by atoms with Gasteiger partial charge in [0, 0.05) is 12.6 Å². The monoisotopic (exact) mass is 255 g/mol. The molecule has 0 aliphatic heterocycles. The van der Waals surface area contributed by atoms with Crippen LogP contribution in [0.4, 0.5) is 13.2 Å². The smallest absolute Gasteiger partial charge is 0.313 e. The van der Waals surface area contributed by atoms with E-state index >= 15 is 0 Å². The number of benzene rings is 1. The first kappa shape index (κ1) is 12.0. The summed E-state index contributed by atoms with van der Waals surface area (Å²) in [5.41, 5.74) is 1.48. The van der Waals surface area contributed by atoms with Crippen LogP contribution in [0.3, 0.4) is 0 Å². The van der Waals surface area contributed by atoms with E-state index in [0.717, 1.165) is 30.5 Å². The van der Waals surface area contributed by atoms with E-state index in [1.165, 1.54) is 25.0 Å². The summed E-state index contributed by atoms with van der Waals surface area (Å²) in [6, 6.07) is 4.81. The van der Waals surface area contributed by atoms with Crippen LogP contribution in [-0.4, -0.2) is 12.6 Å². The molecule has 0 spiro atoms. The molecule has 0 radical (unpaired) electrons. The van der Waals surface area contributed by atoms with Gasteiger partial charge in [0.25, 0.3) is 0 Å². The number of hydrogen-bond donors (Lipinski definition) is 1. The predicted octanol–water partition coefficient (Wildman–Crippen LogP) is 3.49. The molecule has 98 valence electrons. The molecule has 0 saturated heterocycles. The van der Waals surface area contributed by atoms with E-state index in [2.05, 4.69) is 5.32 Å². The summed E-state index contributed by atoms with van der Waals surface area (Å²) < 4.78 is 38.1. The van der Waals surface area contributed by atoms with Crippen LogP contribution >= 0.6 is 0 Å². The third-order valence-corrected chi connectivity index (χ3v) is 3.91. The molecule has 18 heavy (non-hydrogen) atoms. The number of alkyl halides is 3. The van der Waals surface area contributed by atoms with Crippen LogP contribution in [0, 0.1) is 0 Å². The van der Waals surface area contributed by atoms with Gasteiger partial charge < -0.3 is 5.32 Å². The molecule has 0 aromatic heterocycles. The van der Waals surface area contributed by atoms with Gasteiger partial charge in [-0.3, -0.25) is 0 Å². The van der Waals surface area contributed by atoms with E-state index in [9.17, 15) is 13.2 Å². The minimum Gasteiger partial charge on any atom is -0.313 e. The third-order valence-electron chi connectivity index (χ3n) is 3.91. The summed E-state index contributed by atoms with van der Waals surface area (Å²) in [5, 5.41) is 3.42. The maximum atomic E-state index is 12.7. The average Bonchev–Trinajstić information content (AvgIpc) is 3.05. The first-order chi connectivity index (χ1) is 8.54. The van der Waals surface area contributed by atoms with Gasteiger partial charge in [0.2, 0.25) is 0 Å². The van der Waals surface area contributed by atoms with E-state index < -0.39 is 11.7 Å². The van der Waals surface area contributed by atoms with Gasteiger partial charge >= 0.3 is 6.18 Å². The quantitative estimate of drug-likeness (QED) is 0.871. The van der Waals surface area contributed by atoms with Crippen molar-refractivity contribution < 1.29 is 13.2 Å². The fraction of sp³-hybridized carbons (Fsp3) is 0.571. The molecular weight excluding hydrogens is 239 g/mol. The highest BCUT2D eigenvalue weighted by atomic mass is 19.4. The van der Waals surface area contributed by atoms with Crippen LogP contribution in [0.1, 0.15) is 41.9 Å². The molecule has 3 rings (SSSR count). The lowest BCUT2D eigenvalue weighted by Crippen LogP contribution is -2.22. The fourth-order valence-corrected chi connectivity index (χ4v) is 2.67. The van der Waals surface area contributed by atoms with Crippen molar-refractivity contribution >= 4 is 0 Å². The Morgan fingerprint density at radius 1 is 1.17 bits per heavy atom. The Kier molecular flexibility index (Phi) is 2.85. The topological polar surface area (TPSA) is 12.0 Å². The first-order valence-electron chi connectivity index (χ1n) is 6.47. The molecule has 1 saturated carbocycles. The van der Waals surface area contributed by atoms with E-state index in [1.54, 1.807) is 6.07 Å². The number of halogens is 3. The van der Waals surface area contributed by atoms with Gasteiger partial charge in [-0.25, -0.2) is 0 Å². The number of fused-ring (bicyclic) bond motifs is 1. The van der Waals surface area contributed by atoms with Gasteiger partial charge in [0.1, 0.15) is 0 Å². The van der Waals surface area contributed by atoms with E-state index in [0.29, 0.717) is 6.04 Å². The van der Waals surface area contributed by atoms with E-state index in [-0.39, 0.29) is 5.92 Å². The molecule has 1 N–H and O–H groups in total. The number of rotatable bonds is 3. The lowest BCUT2D eigenvalue weighted by atomic mass is 9.99. The van der Waals surface area contributed by atoms with Gasteiger partial charge in [-0.15, -0.1) is 0 Å². The van der Waals surface area contributed by atoms with Crippen LogP contribution in [0.5, 0.6) is 0 Å². The Balaban J connectivity index is 1.79. The SMILES string of the molecule is FC(F)(F)c1ccc2c(c1)C(CNC1CC1)CC2. The average molecular weight is 255 g/mol. The van der Waals surface area contributed by atoms with Gasteiger partial charge in [-0.2, -0.15) is 13.2 Å². The first-order valence-corrected chi connectivity index (χ1v) is 6.47. The second kappa shape index (κ2) is 4.26. The normalized spacial score (nSPS) is 23.2. The largest absolute Gasteiger partial charge is 0.416 e. The van der Waals surface area contributed by atoms with Crippen LogP contribution < -0.4 is 5.32 Å². The molecule has 1 unspecified atom stereocenters. The minimum absolute atomic E-state index is 0.253. The Morgan fingerprint density at radius 3 is 2.61 bits per heavy atom. The Hall–Kier alpha value is -1.03. The molecule has 0 bridgehead atoms. The van der Waals surface area contributed by atoms with Crippen LogP contribution in [-0.2, 0) is 12.6 Å². The third kappa shape index (κ3) is 2.39. The number of nitrogens with one attached hydrogen (secondary N) is 1. The molecule has 1 fully saturated rings. The molecule has 0 heterocycles. The Morgan fingerprint density at radius 2 is 1.94 bits per heavy atom. The van der Waals surface area contributed by atoms with Crippen molar-refractivity contribution in [2.45, 2.75) is 43.8 Å². The minimum atomic E-state index is -4.23. The summed E-state index contributed by atoms with van der Waals surface area (Å²) in [6.45, 7) is 0.818. The maximum Gasteiger partial charge on any atom is 0.416 e. The van der Waals surface area contributed by atoms with Crippen molar-refractivity contribution in [1.82, 2.24) is 5.32 Å². The summed E-state index contributed by atoms with van der Waals surface area (Å²) in [6.07, 6.45) is 0.0667. The van der Waals surface area contributed by atoms with Crippen molar-refractivity contribution in [2.75, 3.05) is 6.54 Å². The second-order valence-corrected chi connectivity index (χ2v) is 5.33. The van der Waals surface area contributed by atoms with Crippen molar-refractivity contribution in [1.29, 1.82) is 0 Å². The lowest BCUT2D eigenvalue weighted by molar-refractivity contribution is -0.137. The molecule has 2 aliphatic rings. The van der Waals surface area contributed by atoms with Crippen molar-refractivity contribution in [2.24, 2.45) is 0 Å². The van der Waals surface area contributed by atoms with Crippen molar-refractivity contribution in [3.8, 4) is 0 Å². The molecule has 1 nitrogen and oxygen atoms in total. The molecule has 0 amide bonds.